The molecule has 0 aliphatic carbocycles. The third-order valence-electron chi connectivity index (χ3n) is 4.07. The van der Waals surface area contributed by atoms with Crippen LogP contribution < -0.4 is 0 Å². The molecule has 2 heteroatoms. The van der Waals surface area contributed by atoms with Crippen molar-refractivity contribution in [3.8, 4) is 0 Å². The molecule has 1 saturated heterocycles. The van der Waals surface area contributed by atoms with Crippen molar-refractivity contribution in [1.29, 1.82) is 0 Å². The summed E-state index contributed by atoms with van der Waals surface area (Å²) >= 11 is 0. The maximum absolute atomic E-state index is 5.76. The van der Waals surface area contributed by atoms with Crippen molar-refractivity contribution in [3.63, 3.8) is 0 Å². The summed E-state index contributed by atoms with van der Waals surface area (Å²) in [5.74, 6) is 2.53. The van der Waals surface area contributed by atoms with E-state index in [1.54, 1.807) is 0 Å². The quantitative estimate of drug-likeness (QED) is 0.582. The van der Waals surface area contributed by atoms with Crippen LogP contribution in [0.25, 0.3) is 0 Å². The van der Waals surface area contributed by atoms with Crippen molar-refractivity contribution in [2.75, 3.05) is 32.8 Å². The molecule has 0 aromatic heterocycles. The predicted molar refractivity (Wildman–Crippen MR) is 83.5 cm³/mol. The lowest BCUT2D eigenvalue weighted by atomic mass is 9.93. The summed E-state index contributed by atoms with van der Waals surface area (Å²) in [6.07, 6.45) is 6.55. The molecular weight excluding hydrogens is 234 g/mol. The highest BCUT2D eigenvalue weighted by Crippen LogP contribution is 2.21. The summed E-state index contributed by atoms with van der Waals surface area (Å²) in [5, 5.41) is 0. The number of hydrogen-bond acceptors (Lipinski definition) is 2. The normalized spacial score (nSPS) is 18.6. The molecule has 0 N–H and O–H groups in total. The summed E-state index contributed by atoms with van der Waals surface area (Å²) in [6, 6.07) is 0. The molecule has 0 aromatic carbocycles. The van der Waals surface area contributed by atoms with Gasteiger partial charge in [-0.15, -0.1) is 0 Å². The van der Waals surface area contributed by atoms with Gasteiger partial charge in [-0.2, -0.15) is 0 Å². The van der Waals surface area contributed by atoms with Crippen molar-refractivity contribution in [2.24, 2.45) is 17.8 Å². The Labute approximate surface area is 120 Å². The fourth-order valence-electron chi connectivity index (χ4n) is 2.92. The van der Waals surface area contributed by atoms with Gasteiger partial charge >= 0.3 is 0 Å². The van der Waals surface area contributed by atoms with Gasteiger partial charge in [-0.25, -0.2) is 0 Å². The van der Waals surface area contributed by atoms with Gasteiger partial charge in [0.25, 0.3) is 0 Å². The first kappa shape index (κ1) is 17.0. The summed E-state index contributed by atoms with van der Waals surface area (Å²) in [6.45, 7) is 15.0. The van der Waals surface area contributed by atoms with E-state index in [-0.39, 0.29) is 0 Å². The zero-order valence-corrected chi connectivity index (χ0v) is 13.7. The van der Waals surface area contributed by atoms with E-state index >= 15 is 0 Å². The molecule has 0 saturated carbocycles. The second-order valence-electron chi connectivity index (χ2n) is 7.07. The molecular formula is C17H35NO. The fourth-order valence-corrected chi connectivity index (χ4v) is 2.92. The van der Waals surface area contributed by atoms with Crippen molar-refractivity contribution < 1.29 is 4.74 Å². The largest absolute Gasteiger partial charge is 0.381 e. The molecule has 2 nitrogen and oxygen atoms in total. The Balaban J connectivity index is 1.95. The third kappa shape index (κ3) is 8.65. The van der Waals surface area contributed by atoms with Crippen LogP contribution in [0.1, 0.15) is 59.8 Å². The molecule has 1 fully saturated rings. The average Bonchev–Trinajstić information content (AvgIpc) is 2.34. The van der Waals surface area contributed by atoms with Crippen LogP contribution in [0.4, 0.5) is 0 Å². The highest BCUT2D eigenvalue weighted by atomic mass is 16.5. The monoisotopic (exact) mass is 269 g/mol. The average molecular weight is 269 g/mol. The molecule has 1 heterocycles. The van der Waals surface area contributed by atoms with Gasteiger partial charge in [0, 0.05) is 19.8 Å². The molecule has 0 radical (unpaired) electrons. The Morgan fingerprint density at radius 2 is 1.68 bits per heavy atom. The van der Waals surface area contributed by atoms with Crippen molar-refractivity contribution >= 4 is 0 Å². The molecule has 1 aliphatic heterocycles. The summed E-state index contributed by atoms with van der Waals surface area (Å²) in [7, 11) is 0. The third-order valence-corrected chi connectivity index (χ3v) is 4.07. The lowest BCUT2D eigenvalue weighted by Crippen LogP contribution is -2.36. The summed E-state index contributed by atoms with van der Waals surface area (Å²) in [4.78, 5) is 2.63. The molecule has 1 rings (SSSR count). The van der Waals surface area contributed by atoms with Gasteiger partial charge < -0.3 is 9.64 Å². The van der Waals surface area contributed by atoms with Crippen LogP contribution in [0.5, 0.6) is 0 Å². The number of likely N-dealkylation sites (tertiary alicyclic amines) is 1. The Kier molecular flexibility index (Phi) is 8.72. The Hall–Kier alpha value is -0.0800. The maximum atomic E-state index is 5.76. The van der Waals surface area contributed by atoms with Crippen molar-refractivity contribution in [1.82, 2.24) is 4.90 Å². The van der Waals surface area contributed by atoms with Gasteiger partial charge in [-0.05, 0) is 62.9 Å². The first-order valence-corrected chi connectivity index (χ1v) is 8.38. The smallest absolute Gasteiger partial charge is 0.0468 e. The second kappa shape index (κ2) is 9.77. The van der Waals surface area contributed by atoms with Gasteiger partial charge in [-0.3, -0.25) is 0 Å². The van der Waals surface area contributed by atoms with E-state index in [4.69, 9.17) is 4.74 Å². The second-order valence-corrected chi connectivity index (χ2v) is 7.07. The SMILES string of the molecule is CC(C)CCCOCCC1CCN(CC(C)C)CC1. The molecule has 1 aliphatic rings. The number of hydrogen-bond donors (Lipinski definition) is 0. The number of ether oxygens (including phenoxy) is 1. The van der Waals surface area contributed by atoms with Crippen LogP contribution in [0, 0.1) is 17.8 Å². The van der Waals surface area contributed by atoms with Gasteiger partial charge in [0.2, 0.25) is 0 Å². The zero-order valence-electron chi connectivity index (χ0n) is 13.7. The molecule has 0 bridgehead atoms. The van der Waals surface area contributed by atoms with E-state index in [0.29, 0.717) is 0 Å². The van der Waals surface area contributed by atoms with E-state index in [0.717, 1.165) is 31.0 Å². The lowest BCUT2D eigenvalue weighted by molar-refractivity contribution is 0.0951. The van der Waals surface area contributed by atoms with Gasteiger partial charge in [0.05, 0.1) is 0 Å². The Morgan fingerprint density at radius 3 is 2.26 bits per heavy atom. The standard InChI is InChI=1S/C17H35NO/c1-15(2)6-5-12-19-13-9-17-7-10-18(11-8-17)14-16(3)4/h15-17H,5-14H2,1-4H3. The minimum atomic E-state index is 0.806. The Bertz CT molecular complexity index is 207. The number of nitrogens with zero attached hydrogens (tertiary/aromatic N) is 1. The topological polar surface area (TPSA) is 12.5 Å². The molecule has 0 aromatic rings. The summed E-state index contributed by atoms with van der Waals surface area (Å²) in [5.41, 5.74) is 0. The van der Waals surface area contributed by atoms with Gasteiger partial charge in [0.15, 0.2) is 0 Å². The summed E-state index contributed by atoms with van der Waals surface area (Å²) < 4.78 is 5.76. The highest BCUT2D eigenvalue weighted by Gasteiger charge is 2.19. The Morgan fingerprint density at radius 1 is 1.00 bits per heavy atom. The van der Waals surface area contributed by atoms with E-state index in [1.165, 1.54) is 51.7 Å². The van der Waals surface area contributed by atoms with Gasteiger partial charge in [0.1, 0.15) is 0 Å². The van der Waals surface area contributed by atoms with Crippen LogP contribution >= 0.6 is 0 Å². The molecule has 114 valence electrons. The van der Waals surface area contributed by atoms with Crippen LogP contribution in [-0.4, -0.2) is 37.7 Å². The van der Waals surface area contributed by atoms with E-state index in [2.05, 4.69) is 32.6 Å². The minimum Gasteiger partial charge on any atom is -0.381 e. The van der Waals surface area contributed by atoms with Gasteiger partial charge in [-0.1, -0.05) is 27.7 Å². The number of piperidine rings is 1. The lowest BCUT2D eigenvalue weighted by Gasteiger charge is -2.32. The molecule has 19 heavy (non-hydrogen) atoms. The van der Waals surface area contributed by atoms with E-state index in [9.17, 15) is 0 Å². The fraction of sp³-hybridized carbons (Fsp3) is 1.00. The van der Waals surface area contributed by atoms with Crippen LogP contribution in [0.2, 0.25) is 0 Å². The molecule has 0 atom stereocenters. The number of rotatable bonds is 9. The van der Waals surface area contributed by atoms with Crippen molar-refractivity contribution in [3.05, 3.63) is 0 Å². The maximum Gasteiger partial charge on any atom is 0.0468 e. The zero-order chi connectivity index (χ0) is 14.1. The first-order valence-electron chi connectivity index (χ1n) is 8.38. The highest BCUT2D eigenvalue weighted by molar-refractivity contribution is 4.72. The predicted octanol–water partition coefficient (Wildman–Crippen LogP) is 4.20. The molecule has 0 spiro atoms. The van der Waals surface area contributed by atoms with Crippen LogP contribution in [-0.2, 0) is 4.74 Å². The van der Waals surface area contributed by atoms with E-state index in [1.807, 2.05) is 0 Å². The molecule has 0 unspecified atom stereocenters. The minimum absolute atomic E-state index is 0.806. The first-order chi connectivity index (χ1) is 9.08. The van der Waals surface area contributed by atoms with E-state index < -0.39 is 0 Å². The molecule has 0 amide bonds. The van der Waals surface area contributed by atoms with Crippen LogP contribution in [0.3, 0.4) is 0 Å². The van der Waals surface area contributed by atoms with Crippen molar-refractivity contribution in [2.45, 2.75) is 59.8 Å². The van der Waals surface area contributed by atoms with Crippen LogP contribution in [0.15, 0.2) is 0 Å².